The van der Waals surface area contributed by atoms with Crippen molar-refractivity contribution in [2.24, 2.45) is 5.92 Å². The molecular formula is C10H15F3N2O. The van der Waals surface area contributed by atoms with Crippen molar-refractivity contribution in [3.63, 3.8) is 0 Å². The zero-order valence-corrected chi connectivity index (χ0v) is 8.96. The molecule has 1 aliphatic rings. The minimum atomic E-state index is -4.25. The summed E-state index contributed by atoms with van der Waals surface area (Å²) >= 11 is 0. The summed E-state index contributed by atoms with van der Waals surface area (Å²) in [6.45, 7) is 0.827. The standard InChI is InChI=1S/C10H15F3N2O/c11-10(12,13)8-16-5-4-15-3-1-2-9(6-14)7-15/h9H,1-5,7-8H2. The Bertz CT molecular complexity index is 249. The van der Waals surface area contributed by atoms with Gasteiger partial charge in [-0.1, -0.05) is 0 Å². The Morgan fingerprint density at radius 3 is 2.81 bits per heavy atom. The first kappa shape index (κ1) is 13.3. The third-order valence-corrected chi connectivity index (χ3v) is 2.51. The van der Waals surface area contributed by atoms with Crippen LogP contribution in [0.1, 0.15) is 12.8 Å². The average molecular weight is 236 g/mol. The van der Waals surface area contributed by atoms with Crippen LogP contribution in [0.25, 0.3) is 0 Å². The molecule has 0 aromatic rings. The third-order valence-electron chi connectivity index (χ3n) is 2.51. The number of piperidine rings is 1. The number of nitriles is 1. The second-order valence-corrected chi connectivity index (χ2v) is 3.94. The van der Waals surface area contributed by atoms with Crippen molar-refractivity contribution in [3.8, 4) is 6.07 Å². The van der Waals surface area contributed by atoms with Crippen LogP contribution in [-0.2, 0) is 4.74 Å². The average Bonchev–Trinajstić information content (AvgIpc) is 2.23. The Labute approximate surface area is 92.8 Å². The molecule has 0 N–H and O–H groups in total. The molecule has 0 bridgehead atoms. The summed E-state index contributed by atoms with van der Waals surface area (Å²) in [4.78, 5) is 1.98. The van der Waals surface area contributed by atoms with E-state index in [1.807, 2.05) is 4.90 Å². The molecule has 0 saturated carbocycles. The fourth-order valence-corrected chi connectivity index (χ4v) is 1.75. The molecule has 1 rings (SSSR count). The van der Waals surface area contributed by atoms with E-state index in [4.69, 9.17) is 5.26 Å². The minimum Gasteiger partial charge on any atom is -0.371 e. The molecule has 1 aliphatic heterocycles. The molecule has 1 unspecified atom stereocenters. The minimum absolute atomic E-state index is 0.0105. The van der Waals surface area contributed by atoms with Crippen LogP contribution < -0.4 is 0 Å². The van der Waals surface area contributed by atoms with Gasteiger partial charge in [0, 0.05) is 13.1 Å². The van der Waals surface area contributed by atoms with Crippen molar-refractivity contribution in [2.45, 2.75) is 19.0 Å². The molecule has 92 valence electrons. The molecule has 1 saturated heterocycles. The lowest BCUT2D eigenvalue weighted by molar-refractivity contribution is -0.174. The predicted molar refractivity (Wildman–Crippen MR) is 51.7 cm³/mol. The number of alkyl halides is 3. The largest absolute Gasteiger partial charge is 0.411 e. The van der Waals surface area contributed by atoms with E-state index in [0.717, 1.165) is 19.4 Å². The van der Waals surface area contributed by atoms with Crippen molar-refractivity contribution in [1.82, 2.24) is 4.90 Å². The van der Waals surface area contributed by atoms with Gasteiger partial charge in [-0.3, -0.25) is 4.90 Å². The molecule has 0 spiro atoms. The molecule has 6 heteroatoms. The fourth-order valence-electron chi connectivity index (χ4n) is 1.75. The van der Waals surface area contributed by atoms with E-state index in [2.05, 4.69) is 10.8 Å². The highest BCUT2D eigenvalue weighted by Crippen LogP contribution is 2.16. The summed E-state index contributed by atoms with van der Waals surface area (Å²) in [5.41, 5.74) is 0. The van der Waals surface area contributed by atoms with Gasteiger partial charge in [0.2, 0.25) is 0 Å². The van der Waals surface area contributed by atoms with Gasteiger partial charge in [0.05, 0.1) is 18.6 Å². The molecule has 0 aromatic heterocycles. The van der Waals surface area contributed by atoms with E-state index in [1.165, 1.54) is 0 Å². The number of hydrogen-bond acceptors (Lipinski definition) is 3. The lowest BCUT2D eigenvalue weighted by Gasteiger charge is -2.29. The number of likely N-dealkylation sites (tertiary alicyclic amines) is 1. The summed E-state index contributed by atoms with van der Waals surface area (Å²) in [6.07, 6.45) is -2.44. The molecule has 0 amide bonds. The number of rotatable bonds is 4. The van der Waals surface area contributed by atoms with Gasteiger partial charge < -0.3 is 4.74 Å². The van der Waals surface area contributed by atoms with Gasteiger partial charge in [-0.05, 0) is 19.4 Å². The van der Waals surface area contributed by atoms with Crippen LogP contribution in [0.15, 0.2) is 0 Å². The molecule has 1 heterocycles. The highest BCUT2D eigenvalue weighted by atomic mass is 19.4. The first-order valence-corrected chi connectivity index (χ1v) is 5.28. The van der Waals surface area contributed by atoms with E-state index in [1.54, 1.807) is 0 Å². The molecule has 0 aliphatic carbocycles. The third kappa shape index (κ3) is 5.33. The molecule has 0 radical (unpaired) electrons. The van der Waals surface area contributed by atoms with Crippen molar-refractivity contribution in [2.75, 3.05) is 32.8 Å². The monoisotopic (exact) mass is 236 g/mol. The maximum absolute atomic E-state index is 11.8. The molecule has 0 aromatic carbocycles. The van der Waals surface area contributed by atoms with Crippen molar-refractivity contribution < 1.29 is 17.9 Å². The van der Waals surface area contributed by atoms with E-state index < -0.39 is 12.8 Å². The SMILES string of the molecule is N#CC1CCCN(CCOCC(F)(F)F)C1. The number of hydrogen-bond donors (Lipinski definition) is 0. The Balaban J connectivity index is 2.11. The van der Waals surface area contributed by atoms with E-state index in [0.29, 0.717) is 13.1 Å². The second-order valence-electron chi connectivity index (χ2n) is 3.94. The molecule has 3 nitrogen and oxygen atoms in total. The van der Waals surface area contributed by atoms with Crippen LogP contribution in [0.4, 0.5) is 13.2 Å². The van der Waals surface area contributed by atoms with Gasteiger partial charge in [-0.15, -0.1) is 0 Å². The molecular weight excluding hydrogens is 221 g/mol. The van der Waals surface area contributed by atoms with Gasteiger partial charge in [0.1, 0.15) is 6.61 Å². The predicted octanol–water partition coefficient (Wildman–Crippen LogP) is 1.80. The quantitative estimate of drug-likeness (QED) is 0.698. The normalized spacial score (nSPS) is 23.0. The van der Waals surface area contributed by atoms with Crippen molar-refractivity contribution in [1.29, 1.82) is 5.26 Å². The maximum atomic E-state index is 11.8. The highest BCUT2D eigenvalue weighted by molar-refractivity contribution is 4.88. The number of ether oxygens (including phenoxy) is 1. The van der Waals surface area contributed by atoms with E-state index in [-0.39, 0.29) is 12.5 Å². The highest BCUT2D eigenvalue weighted by Gasteiger charge is 2.27. The van der Waals surface area contributed by atoms with Crippen LogP contribution in [0.5, 0.6) is 0 Å². The van der Waals surface area contributed by atoms with Crippen molar-refractivity contribution >= 4 is 0 Å². The zero-order valence-electron chi connectivity index (χ0n) is 8.96. The van der Waals surface area contributed by atoms with Gasteiger partial charge in [-0.25, -0.2) is 0 Å². The van der Waals surface area contributed by atoms with Crippen LogP contribution in [0.2, 0.25) is 0 Å². The smallest absolute Gasteiger partial charge is 0.371 e. The van der Waals surface area contributed by atoms with Gasteiger partial charge in [0.25, 0.3) is 0 Å². The van der Waals surface area contributed by atoms with Gasteiger partial charge >= 0.3 is 6.18 Å². The van der Waals surface area contributed by atoms with Crippen molar-refractivity contribution in [3.05, 3.63) is 0 Å². The van der Waals surface area contributed by atoms with Crippen LogP contribution in [0, 0.1) is 17.2 Å². The Kier molecular flexibility index (Phi) is 5.03. The van der Waals surface area contributed by atoms with Gasteiger partial charge in [-0.2, -0.15) is 18.4 Å². The summed E-state index contributed by atoms with van der Waals surface area (Å²) in [6, 6.07) is 2.19. The summed E-state index contributed by atoms with van der Waals surface area (Å²) in [5.74, 6) is 0.0105. The second kappa shape index (κ2) is 6.06. The van der Waals surface area contributed by atoms with Crippen LogP contribution in [-0.4, -0.2) is 43.9 Å². The van der Waals surface area contributed by atoms with Crippen LogP contribution >= 0.6 is 0 Å². The Morgan fingerprint density at radius 1 is 1.44 bits per heavy atom. The summed E-state index contributed by atoms with van der Waals surface area (Å²) < 4.78 is 39.8. The Hall–Kier alpha value is -0.800. The molecule has 1 atom stereocenters. The zero-order chi connectivity index (χ0) is 12.0. The summed E-state index contributed by atoms with van der Waals surface area (Å²) in [7, 11) is 0. The molecule has 1 fully saturated rings. The fraction of sp³-hybridized carbons (Fsp3) is 0.900. The lowest BCUT2D eigenvalue weighted by Crippen LogP contribution is -2.37. The summed E-state index contributed by atoms with van der Waals surface area (Å²) in [5, 5.41) is 8.73. The first-order valence-electron chi connectivity index (χ1n) is 5.28. The topological polar surface area (TPSA) is 36.3 Å². The van der Waals surface area contributed by atoms with E-state index in [9.17, 15) is 13.2 Å². The Morgan fingerprint density at radius 2 is 2.19 bits per heavy atom. The first-order chi connectivity index (χ1) is 7.51. The number of nitrogens with zero attached hydrogens (tertiary/aromatic N) is 2. The lowest BCUT2D eigenvalue weighted by atomic mass is 10.00. The van der Waals surface area contributed by atoms with Crippen LogP contribution in [0.3, 0.4) is 0 Å². The maximum Gasteiger partial charge on any atom is 0.411 e. The van der Waals surface area contributed by atoms with Gasteiger partial charge in [0.15, 0.2) is 0 Å². The molecule has 16 heavy (non-hydrogen) atoms. The number of halogens is 3. The van der Waals surface area contributed by atoms with E-state index >= 15 is 0 Å².